The summed E-state index contributed by atoms with van der Waals surface area (Å²) in [4.78, 5) is 11.8. The first-order valence-corrected chi connectivity index (χ1v) is 6.87. The number of fused-ring (bicyclic) bond motifs is 1. The molecule has 1 atom stereocenters. The topological polar surface area (TPSA) is 67.2 Å². The zero-order chi connectivity index (χ0) is 14.4. The van der Waals surface area contributed by atoms with Crippen molar-refractivity contribution in [1.29, 1.82) is 0 Å². The van der Waals surface area contributed by atoms with Gasteiger partial charge < -0.3 is 16.4 Å². The molecule has 2 aromatic rings. The third-order valence-electron chi connectivity index (χ3n) is 3.35. The summed E-state index contributed by atoms with van der Waals surface area (Å²) in [7, 11) is 1.83. The van der Waals surface area contributed by atoms with Crippen molar-refractivity contribution in [2.24, 2.45) is 5.73 Å². The van der Waals surface area contributed by atoms with Crippen LogP contribution in [-0.4, -0.2) is 26.0 Å². The standard InChI is InChI=1S/C16H21N3O/c1-18-9-8-16(20)19-15(11-17)14-7-6-12-4-2-3-5-13(12)10-14/h2-7,10,15,18H,8-9,11,17H2,1H3,(H,19,20). The Hall–Kier alpha value is -1.91. The van der Waals surface area contributed by atoms with Crippen LogP contribution in [0.25, 0.3) is 10.8 Å². The normalized spacial score (nSPS) is 12.3. The fourth-order valence-electron chi connectivity index (χ4n) is 2.21. The number of hydrogen-bond donors (Lipinski definition) is 3. The van der Waals surface area contributed by atoms with Crippen molar-refractivity contribution < 1.29 is 4.79 Å². The van der Waals surface area contributed by atoms with Crippen LogP contribution < -0.4 is 16.4 Å². The maximum Gasteiger partial charge on any atom is 0.221 e. The Morgan fingerprint density at radius 3 is 2.65 bits per heavy atom. The van der Waals surface area contributed by atoms with Gasteiger partial charge in [-0.25, -0.2) is 0 Å². The summed E-state index contributed by atoms with van der Waals surface area (Å²) < 4.78 is 0. The van der Waals surface area contributed by atoms with Gasteiger partial charge in [0.25, 0.3) is 0 Å². The molecule has 0 radical (unpaired) electrons. The second-order valence-corrected chi connectivity index (χ2v) is 4.82. The van der Waals surface area contributed by atoms with E-state index in [1.165, 1.54) is 5.39 Å². The van der Waals surface area contributed by atoms with Gasteiger partial charge in [0.1, 0.15) is 0 Å². The van der Waals surface area contributed by atoms with E-state index in [0.717, 1.165) is 10.9 Å². The van der Waals surface area contributed by atoms with E-state index in [2.05, 4.69) is 34.9 Å². The number of hydrogen-bond acceptors (Lipinski definition) is 3. The van der Waals surface area contributed by atoms with Gasteiger partial charge in [0.15, 0.2) is 0 Å². The summed E-state index contributed by atoms with van der Waals surface area (Å²) in [6.07, 6.45) is 0.459. The van der Waals surface area contributed by atoms with E-state index in [1.807, 2.05) is 25.2 Å². The molecule has 1 amide bonds. The molecule has 0 fully saturated rings. The Morgan fingerprint density at radius 1 is 1.20 bits per heavy atom. The van der Waals surface area contributed by atoms with Gasteiger partial charge in [-0.2, -0.15) is 0 Å². The quantitative estimate of drug-likeness (QED) is 0.747. The third-order valence-corrected chi connectivity index (χ3v) is 3.35. The maximum absolute atomic E-state index is 11.8. The first-order chi connectivity index (χ1) is 9.74. The van der Waals surface area contributed by atoms with Crippen molar-refractivity contribution in [2.45, 2.75) is 12.5 Å². The number of benzene rings is 2. The van der Waals surface area contributed by atoms with Crippen LogP contribution in [-0.2, 0) is 4.79 Å². The summed E-state index contributed by atoms with van der Waals surface area (Å²) >= 11 is 0. The highest BCUT2D eigenvalue weighted by Gasteiger charge is 2.12. The molecule has 0 aliphatic heterocycles. The Kier molecular flexibility index (Phi) is 5.09. The van der Waals surface area contributed by atoms with Gasteiger partial charge in [0.05, 0.1) is 6.04 Å². The van der Waals surface area contributed by atoms with Crippen molar-refractivity contribution in [3.05, 3.63) is 48.0 Å². The molecule has 0 saturated heterocycles. The SMILES string of the molecule is CNCCC(=O)NC(CN)c1ccc2ccccc2c1. The van der Waals surface area contributed by atoms with Crippen LogP contribution >= 0.6 is 0 Å². The smallest absolute Gasteiger partial charge is 0.221 e. The molecule has 4 nitrogen and oxygen atoms in total. The largest absolute Gasteiger partial charge is 0.348 e. The van der Waals surface area contributed by atoms with Gasteiger partial charge in [-0.3, -0.25) is 4.79 Å². The van der Waals surface area contributed by atoms with Gasteiger partial charge in [0.2, 0.25) is 5.91 Å². The average molecular weight is 271 g/mol. The van der Waals surface area contributed by atoms with Crippen molar-refractivity contribution in [3.63, 3.8) is 0 Å². The van der Waals surface area contributed by atoms with E-state index < -0.39 is 0 Å². The Balaban J connectivity index is 2.14. The van der Waals surface area contributed by atoms with E-state index in [-0.39, 0.29) is 11.9 Å². The Morgan fingerprint density at radius 2 is 1.95 bits per heavy atom. The third kappa shape index (κ3) is 3.56. The molecule has 4 heteroatoms. The predicted octanol–water partition coefficient (Wildman–Crippen LogP) is 1.57. The summed E-state index contributed by atoms with van der Waals surface area (Å²) in [6, 6.07) is 14.2. The van der Waals surface area contributed by atoms with Crippen LogP contribution in [0.3, 0.4) is 0 Å². The molecule has 2 rings (SSSR count). The highest BCUT2D eigenvalue weighted by molar-refractivity contribution is 5.83. The van der Waals surface area contributed by atoms with Crippen LogP contribution in [0.5, 0.6) is 0 Å². The van der Waals surface area contributed by atoms with Gasteiger partial charge in [-0.1, -0.05) is 36.4 Å². The van der Waals surface area contributed by atoms with E-state index in [1.54, 1.807) is 0 Å². The zero-order valence-electron chi connectivity index (χ0n) is 11.7. The lowest BCUT2D eigenvalue weighted by Gasteiger charge is -2.18. The summed E-state index contributed by atoms with van der Waals surface area (Å²) in [5, 5.41) is 8.29. The molecule has 4 N–H and O–H groups in total. The average Bonchev–Trinajstić information content (AvgIpc) is 2.50. The van der Waals surface area contributed by atoms with Crippen molar-refractivity contribution in [2.75, 3.05) is 20.1 Å². The molecule has 1 unspecified atom stereocenters. The van der Waals surface area contributed by atoms with Crippen molar-refractivity contribution in [1.82, 2.24) is 10.6 Å². The maximum atomic E-state index is 11.8. The molecule has 0 aliphatic rings. The van der Waals surface area contributed by atoms with E-state index >= 15 is 0 Å². The molecular weight excluding hydrogens is 250 g/mol. The number of carbonyl (C=O) groups excluding carboxylic acids is 1. The molecule has 20 heavy (non-hydrogen) atoms. The Bertz CT molecular complexity index is 583. The molecule has 0 bridgehead atoms. The predicted molar refractivity (Wildman–Crippen MR) is 82.4 cm³/mol. The van der Waals surface area contributed by atoms with Crippen LogP contribution in [0, 0.1) is 0 Å². The number of carbonyl (C=O) groups is 1. The van der Waals surface area contributed by atoms with Gasteiger partial charge in [-0.05, 0) is 29.4 Å². The fourth-order valence-corrected chi connectivity index (χ4v) is 2.21. The molecule has 0 aliphatic carbocycles. The molecule has 106 valence electrons. The lowest BCUT2D eigenvalue weighted by Crippen LogP contribution is -2.34. The Labute approximate surface area is 119 Å². The first-order valence-electron chi connectivity index (χ1n) is 6.87. The fraction of sp³-hybridized carbons (Fsp3) is 0.312. The lowest BCUT2D eigenvalue weighted by molar-refractivity contribution is -0.121. The molecule has 0 saturated carbocycles. The molecule has 0 spiro atoms. The molecule has 0 heterocycles. The molecular formula is C16H21N3O. The van der Waals surface area contributed by atoms with E-state index in [4.69, 9.17) is 5.73 Å². The molecule has 0 aromatic heterocycles. The summed E-state index contributed by atoms with van der Waals surface area (Å²) in [5.74, 6) is 0.0166. The minimum atomic E-state index is -0.135. The number of rotatable bonds is 6. The van der Waals surface area contributed by atoms with Crippen molar-refractivity contribution >= 4 is 16.7 Å². The zero-order valence-corrected chi connectivity index (χ0v) is 11.7. The summed E-state index contributed by atoms with van der Waals surface area (Å²) in [5.41, 5.74) is 6.84. The number of amides is 1. The van der Waals surface area contributed by atoms with Crippen LogP contribution in [0.2, 0.25) is 0 Å². The summed E-state index contributed by atoms with van der Waals surface area (Å²) in [6.45, 7) is 1.06. The number of nitrogens with one attached hydrogen (secondary N) is 2. The minimum absolute atomic E-state index is 0.0166. The van der Waals surface area contributed by atoms with Crippen LogP contribution in [0.4, 0.5) is 0 Å². The van der Waals surface area contributed by atoms with Crippen LogP contribution in [0.1, 0.15) is 18.0 Å². The van der Waals surface area contributed by atoms with Gasteiger partial charge in [0, 0.05) is 19.5 Å². The van der Waals surface area contributed by atoms with Gasteiger partial charge in [-0.15, -0.1) is 0 Å². The molecule has 2 aromatic carbocycles. The van der Waals surface area contributed by atoms with E-state index in [0.29, 0.717) is 19.5 Å². The van der Waals surface area contributed by atoms with Gasteiger partial charge >= 0.3 is 0 Å². The van der Waals surface area contributed by atoms with Crippen LogP contribution in [0.15, 0.2) is 42.5 Å². The lowest BCUT2D eigenvalue weighted by atomic mass is 10.0. The second-order valence-electron chi connectivity index (χ2n) is 4.82. The minimum Gasteiger partial charge on any atom is -0.348 e. The highest BCUT2D eigenvalue weighted by atomic mass is 16.1. The first kappa shape index (κ1) is 14.5. The number of nitrogens with two attached hydrogens (primary N) is 1. The van der Waals surface area contributed by atoms with E-state index in [9.17, 15) is 4.79 Å². The second kappa shape index (κ2) is 7.03. The highest BCUT2D eigenvalue weighted by Crippen LogP contribution is 2.20. The monoisotopic (exact) mass is 271 g/mol. The van der Waals surface area contributed by atoms with Crippen molar-refractivity contribution in [3.8, 4) is 0 Å².